The van der Waals surface area contributed by atoms with Gasteiger partial charge in [0.1, 0.15) is 35.9 Å². The third kappa shape index (κ3) is 10.6. The van der Waals surface area contributed by atoms with Crippen molar-refractivity contribution in [1.29, 1.82) is 0 Å². The van der Waals surface area contributed by atoms with Crippen molar-refractivity contribution in [2.24, 2.45) is 5.92 Å². The second kappa shape index (κ2) is 20.1. The van der Waals surface area contributed by atoms with E-state index in [0.29, 0.717) is 55.0 Å². The van der Waals surface area contributed by atoms with Gasteiger partial charge in [-0.1, -0.05) is 50.1 Å². The van der Waals surface area contributed by atoms with Crippen molar-refractivity contribution in [1.82, 2.24) is 20.2 Å². The summed E-state index contributed by atoms with van der Waals surface area (Å²) in [5, 5.41) is 7.40. The average Bonchev–Trinajstić information content (AvgIpc) is 3.88. The standard InChI is InChI=1S/C43H54N4O8S/c1-7-8-12-30(24-40(48)47(55-27-29-16-19-33(52-4)20-17-29)26-31-18-21-34(53-5)25-38(31)54-6)41(49)44-36(23-32-28-56-39-15-10-9-13-35(32)39)42(50)46-22-11-14-37(46)43(51)45(2)3/h9-10,13,15-21,25,28,30,36-37H,7-8,11-12,14,22-24,26-27H2,1-6H3,(H,44,49)/t30-,36+,37+/m1/s1. The summed E-state index contributed by atoms with van der Waals surface area (Å²) in [6.07, 6.45) is 3.28. The van der Waals surface area contributed by atoms with E-state index < -0.39 is 29.8 Å². The number of amides is 4. The van der Waals surface area contributed by atoms with Gasteiger partial charge in [-0.25, -0.2) is 5.06 Å². The van der Waals surface area contributed by atoms with Crippen LogP contribution in [0.5, 0.6) is 17.2 Å². The normalized spacial score (nSPS) is 14.9. The van der Waals surface area contributed by atoms with Crippen molar-refractivity contribution >= 4 is 45.1 Å². The highest BCUT2D eigenvalue weighted by atomic mass is 32.1. The quantitative estimate of drug-likeness (QED) is 0.109. The van der Waals surface area contributed by atoms with Crippen LogP contribution in [0.1, 0.15) is 62.1 Å². The summed E-state index contributed by atoms with van der Waals surface area (Å²) in [4.78, 5) is 65.6. The summed E-state index contributed by atoms with van der Waals surface area (Å²) in [5.74, 6) is -0.162. The number of ether oxygens (including phenoxy) is 3. The number of carbonyl (C=O) groups is 4. The molecule has 13 heteroatoms. The highest BCUT2D eigenvalue weighted by Crippen LogP contribution is 2.30. The second-order valence-corrected chi connectivity index (χ2v) is 15.1. The summed E-state index contributed by atoms with van der Waals surface area (Å²) in [6, 6.07) is 19.1. The van der Waals surface area contributed by atoms with Crippen LogP contribution in [0.4, 0.5) is 0 Å². The van der Waals surface area contributed by atoms with E-state index in [0.717, 1.165) is 27.6 Å². The fourth-order valence-electron chi connectivity index (χ4n) is 6.99. The van der Waals surface area contributed by atoms with Crippen molar-refractivity contribution in [3.8, 4) is 17.2 Å². The number of fused-ring (bicyclic) bond motifs is 1. The topological polar surface area (TPSA) is 127 Å². The zero-order chi connectivity index (χ0) is 40.2. The number of likely N-dealkylation sites (N-methyl/N-ethyl adjacent to an activating group) is 1. The van der Waals surface area contributed by atoms with Crippen LogP contribution in [0, 0.1) is 5.92 Å². The number of rotatable bonds is 19. The first kappa shape index (κ1) is 42.0. The molecule has 1 aliphatic heterocycles. The Labute approximate surface area is 333 Å². The number of nitrogens with zero attached hydrogens (tertiary/aromatic N) is 3. The maximum atomic E-state index is 14.4. The van der Waals surface area contributed by atoms with E-state index in [1.54, 1.807) is 63.8 Å². The largest absolute Gasteiger partial charge is 0.497 e. The monoisotopic (exact) mass is 786 g/mol. The first-order valence-electron chi connectivity index (χ1n) is 19.1. The number of hydrogen-bond acceptors (Lipinski definition) is 9. The lowest BCUT2D eigenvalue weighted by Crippen LogP contribution is -2.55. The molecule has 1 saturated heterocycles. The Kier molecular flexibility index (Phi) is 15.1. The van der Waals surface area contributed by atoms with Gasteiger partial charge in [-0.2, -0.15) is 0 Å². The van der Waals surface area contributed by atoms with E-state index >= 15 is 0 Å². The number of hydrogen-bond donors (Lipinski definition) is 1. The fraction of sp³-hybridized carbons (Fsp3) is 0.442. The number of methoxy groups -OCH3 is 3. The molecule has 0 radical (unpaired) electrons. The van der Waals surface area contributed by atoms with Crippen molar-refractivity contribution in [3.63, 3.8) is 0 Å². The van der Waals surface area contributed by atoms with Crippen LogP contribution in [0.15, 0.2) is 72.1 Å². The molecule has 1 aromatic heterocycles. The molecule has 56 heavy (non-hydrogen) atoms. The lowest BCUT2D eigenvalue weighted by atomic mass is 9.95. The molecule has 1 aliphatic rings. The number of thiophene rings is 1. The average molecular weight is 787 g/mol. The van der Waals surface area contributed by atoms with Crippen molar-refractivity contribution in [3.05, 3.63) is 88.8 Å². The van der Waals surface area contributed by atoms with Gasteiger partial charge < -0.3 is 29.3 Å². The Morgan fingerprint density at radius 1 is 0.929 bits per heavy atom. The molecule has 4 amide bonds. The minimum absolute atomic E-state index is 0.0485. The van der Waals surface area contributed by atoms with Crippen LogP contribution in [-0.2, 0) is 43.6 Å². The molecule has 3 atom stereocenters. The summed E-state index contributed by atoms with van der Waals surface area (Å²) in [5.41, 5.74) is 2.44. The molecule has 12 nitrogen and oxygen atoms in total. The van der Waals surface area contributed by atoms with Crippen LogP contribution >= 0.6 is 11.3 Å². The maximum Gasteiger partial charge on any atom is 0.247 e. The van der Waals surface area contributed by atoms with Gasteiger partial charge in [0.05, 0.1) is 27.9 Å². The van der Waals surface area contributed by atoms with E-state index in [2.05, 4.69) is 5.32 Å². The summed E-state index contributed by atoms with van der Waals surface area (Å²) in [7, 11) is 8.08. The molecule has 0 bridgehead atoms. The van der Waals surface area contributed by atoms with Crippen molar-refractivity contribution in [2.45, 2.75) is 77.1 Å². The summed E-state index contributed by atoms with van der Waals surface area (Å²) in [6.45, 7) is 2.59. The van der Waals surface area contributed by atoms with Crippen LogP contribution < -0.4 is 19.5 Å². The van der Waals surface area contributed by atoms with Crippen molar-refractivity contribution in [2.75, 3.05) is 42.0 Å². The van der Waals surface area contributed by atoms with E-state index in [4.69, 9.17) is 19.0 Å². The smallest absolute Gasteiger partial charge is 0.247 e. The Morgan fingerprint density at radius 3 is 2.36 bits per heavy atom. The number of unbranched alkanes of at least 4 members (excludes halogenated alkanes) is 1. The van der Waals surface area contributed by atoms with Gasteiger partial charge in [-0.15, -0.1) is 11.3 Å². The molecular weight excluding hydrogens is 733 g/mol. The predicted octanol–water partition coefficient (Wildman–Crippen LogP) is 6.39. The van der Waals surface area contributed by atoms with E-state index in [1.807, 2.05) is 66.9 Å². The van der Waals surface area contributed by atoms with E-state index in [1.165, 1.54) is 9.96 Å². The van der Waals surface area contributed by atoms with Gasteiger partial charge in [0.2, 0.25) is 23.6 Å². The molecular formula is C43H54N4O8S. The highest BCUT2D eigenvalue weighted by Gasteiger charge is 2.39. The van der Waals surface area contributed by atoms with Gasteiger partial charge >= 0.3 is 0 Å². The number of carbonyl (C=O) groups excluding carboxylic acids is 4. The number of benzene rings is 3. The molecule has 0 aliphatic carbocycles. The minimum atomic E-state index is -0.943. The van der Waals surface area contributed by atoms with Gasteiger partial charge in [0.25, 0.3) is 0 Å². The zero-order valence-corrected chi connectivity index (χ0v) is 34.1. The van der Waals surface area contributed by atoms with Crippen LogP contribution in [0.25, 0.3) is 10.1 Å². The third-order valence-corrected chi connectivity index (χ3v) is 11.2. The zero-order valence-electron chi connectivity index (χ0n) is 33.2. The lowest BCUT2D eigenvalue weighted by Gasteiger charge is -2.31. The van der Waals surface area contributed by atoms with Crippen LogP contribution in [0.2, 0.25) is 0 Å². The van der Waals surface area contributed by atoms with E-state index in [9.17, 15) is 19.2 Å². The minimum Gasteiger partial charge on any atom is -0.497 e. The summed E-state index contributed by atoms with van der Waals surface area (Å²) < 4.78 is 17.4. The molecule has 300 valence electrons. The van der Waals surface area contributed by atoms with Crippen LogP contribution in [0.3, 0.4) is 0 Å². The lowest BCUT2D eigenvalue weighted by molar-refractivity contribution is -0.197. The predicted molar refractivity (Wildman–Crippen MR) is 216 cm³/mol. The Balaban J connectivity index is 1.41. The van der Waals surface area contributed by atoms with Gasteiger partial charge in [-0.3, -0.25) is 24.0 Å². The molecule has 4 aromatic rings. The maximum absolute atomic E-state index is 14.4. The number of likely N-dealkylation sites (tertiary alicyclic amines) is 1. The molecule has 1 N–H and O–H groups in total. The molecule has 3 aromatic carbocycles. The molecule has 2 heterocycles. The Bertz CT molecular complexity index is 1950. The van der Waals surface area contributed by atoms with Gasteiger partial charge in [-0.05, 0) is 71.5 Å². The van der Waals surface area contributed by atoms with Gasteiger partial charge in [0.15, 0.2) is 0 Å². The molecule has 5 rings (SSSR count). The third-order valence-electron chi connectivity index (χ3n) is 10.2. The fourth-order valence-corrected chi connectivity index (χ4v) is 7.97. The highest BCUT2D eigenvalue weighted by molar-refractivity contribution is 7.17. The molecule has 1 fully saturated rings. The van der Waals surface area contributed by atoms with E-state index in [-0.39, 0.29) is 37.8 Å². The van der Waals surface area contributed by atoms with Gasteiger partial charge in [0, 0.05) is 55.7 Å². The first-order chi connectivity index (χ1) is 27.1. The molecule has 0 saturated carbocycles. The SMILES string of the molecule is CCCC[C@H](CC(=O)N(Cc1ccc(OC)cc1OC)OCc1ccc(OC)cc1)C(=O)N[C@@H](Cc1csc2ccccc12)C(=O)N1CCC[C@H]1C(=O)N(C)C. The summed E-state index contributed by atoms with van der Waals surface area (Å²) >= 11 is 1.58. The number of nitrogens with one attached hydrogen (secondary N) is 1. The Morgan fingerprint density at radius 2 is 1.66 bits per heavy atom. The number of hydroxylamine groups is 2. The first-order valence-corrected chi connectivity index (χ1v) is 20.0. The Hall–Kier alpha value is -5.14. The molecule has 0 unspecified atom stereocenters. The van der Waals surface area contributed by atoms with Crippen LogP contribution in [-0.4, -0.2) is 92.5 Å². The second-order valence-electron chi connectivity index (χ2n) is 14.2. The van der Waals surface area contributed by atoms with Crippen molar-refractivity contribution < 1.29 is 38.2 Å². The molecule has 0 spiro atoms.